The Labute approximate surface area is 513 Å². The van der Waals surface area contributed by atoms with E-state index in [0.29, 0.717) is 19.3 Å². The fourth-order valence-electron chi connectivity index (χ4n) is 9.53. The molecule has 83 heavy (non-hydrogen) atoms. The van der Waals surface area contributed by atoms with Crippen LogP contribution in [0.4, 0.5) is 0 Å². The molecule has 0 aliphatic rings. The summed E-state index contributed by atoms with van der Waals surface area (Å²) in [6, 6.07) is 0. The Balaban J connectivity index is 4.11. The molecule has 0 heterocycles. The molecule has 6 nitrogen and oxygen atoms in total. The van der Waals surface area contributed by atoms with E-state index in [9.17, 15) is 14.4 Å². The summed E-state index contributed by atoms with van der Waals surface area (Å²) in [4.78, 5) is 38.2. The maximum Gasteiger partial charge on any atom is 0.306 e. The third-order valence-electron chi connectivity index (χ3n) is 14.7. The van der Waals surface area contributed by atoms with E-state index in [1.165, 1.54) is 148 Å². The zero-order valence-corrected chi connectivity index (χ0v) is 54.2. The van der Waals surface area contributed by atoms with Crippen molar-refractivity contribution in [3.05, 3.63) is 134 Å². The van der Waals surface area contributed by atoms with Crippen molar-refractivity contribution in [1.29, 1.82) is 0 Å². The number of unbranched alkanes of at least 4 members (excludes halogenated alkanes) is 29. The van der Waals surface area contributed by atoms with E-state index >= 15 is 0 Å². The molecule has 0 amide bonds. The summed E-state index contributed by atoms with van der Waals surface area (Å²) in [5, 5.41) is 0. The van der Waals surface area contributed by atoms with Crippen molar-refractivity contribution in [3.8, 4) is 0 Å². The van der Waals surface area contributed by atoms with Gasteiger partial charge in [0.2, 0.25) is 0 Å². The normalized spacial score (nSPS) is 13.0. The minimum atomic E-state index is -0.782. The molecule has 0 bridgehead atoms. The SMILES string of the molecule is CC/C=C\C/C=C\C/C=C\C/C=C\C/C=C\C/C=C\CCCCCCCCCCCCCCC(=O)OCC(COC(=O)CCCCCCCCC)OC(=O)CCCCCCCCCCCCC/C=C\C/C=C\C/C=C\C/C=C\C/C=C\CC. The van der Waals surface area contributed by atoms with Gasteiger partial charge in [-0.3, -0.25) is 14.4 Å². The van der Waals surface area contributed by atoms with Gasteiger partial charge in [0.1, 0.15) is 13.2 Å². The molecule has 0 aromatic heterocycles. The standard InChI is InChI=1S/C77H128O6/c1-4-7-10-13-16-18-20-22-24-26-28-30-32-34-36-37-38-39-41-42-44-46-48-50-52-54-56-58-61-64-67-70-76(79)82-73-74(72-81-75(78)69-66-63-60-15-12-9-6-3)83-77(80)71-68-65-62-59-57-55-53-51-49-47-45-43-40-35-33-31-29-27-25-23-21-19-17-14-11-8-5-2/h7-8,10-11,16-19,22-25,28-31,34-36,38-40,74H,4-6,9,12-15,20-21,26-27,32-33,37,41-73H2,1-3H3/b10-7-,11-8-,18-16-,19-17-,24-22-,25-23-,30-28-,31-29-,36-34-,39-38-,40-35-. The van der Waals surface area contributed by atoms with E-state index in [1.54, 1.807) is 0 Å². The van der Waals surface area contributed by atoms with E-state index < -0.39 is 6.10 Å². The highest BCUT2D eigenvalue weighted by Crippen LogP contribution is 2.17. The van der Waals surface area contributed by atoms with Crippen LogP contribution >= 0.6 is 0 Å². The predicted octanol–water partition coefficient (Wildman–Crippen LogP) is 24.1. The highest BCUT2D eigenvalue weighted by atomic mass is 16.6. The smallest absolute Gasteiger partial charge is 0.306 e. The van der Waals surface area contributed by atoms with Crippen LogP contribution in [0.15, 0.2) is 134 Å². The van der Waals surface area contributed by atoms with Gasteiger partial charge < -0.3 is 14.2 Å². The Morgan fingerprint density at radius 2 is 0.470 bits per heavy atom. The molecule has 1 atom stereocenters. The van der Waals surface area contributed by atoms with Crippen LogP contribution < -0.4 is 0 Å². The van der Waals surface area contributed by atoms with Crippen LogP contribution in [-0.2, 0) is 28.6 Å². The molecule has 0 N–H and O–H groups in total. The molecule has 1 unspecified atom stereocenters. The largest absolute Gasteiger partial charge is 0.462 e. The molecular formula is C77H128O6. The van der Waals surface area contributed by atoms with Gasteiger partial charge in [0.15, 0.2) is 6.10 Å². The maximum atomic E-state index is 12.9. The summed E-state index contributed by atoms with van der Waals surface area (Å²) in [5.41, 5.74) is 0. The zero-order chi connectivity index (χ0) is 59.9. The van der Waals surface area contributed by atoms with Crippen LogP contribution in [0, 0.1) is 0 Å². The quantitative estimate of drug-likeness (QED) is 0.0261. The Morgan fingerprint density at radius 1 is 0.253 bits per heavy atom. The summed E-state index contributed by atoms with van der Waals surface area (Å²) in [6.07, 6.45) is 99.3. The topological polar surface area (TPSA) is 78.9 Å². The van der Waals surface area contributed by atoms with Gasteiger partial charge in [-0.1, -0.05) is 315 Å². The third-order valence-corrected chi connectivity index (χ3v) is 14.7. The Kier molecular flexibility index (Phi) is 66.3. The molecule has 0 saturated carbocycles. The average Bonchev–Trinajstić information content (AvgIpc) is 3.50. The summed E-state index contributed by atoms with van der Waals surface area (Å²) in [6.45, 7) is 6.39. The van der Waals surface area contributed by atoms with Crippen molar-refractivity contribution in [2.45, 2.75) is 322 Å². The fourth-order valence-corrected chi connectivity index (χ4v) is 9.53. The monoisotopic (exact) mass is 1150 g/mol. The number of ether oxygens (including phenoxy) is 3. The predicted molar refractivity (Wildman–Crippen MR) is 362 cm³/mol. The molecule has 0 aromatic rings. The molecule has 0 rings (SSSR count). The highest BCUT2D eigenvalue weighted by molar-refractivity contribution is 5.71. The second kappa shape index (κ2) is 70.0. The average molecular weight is 1150 g/mol. The number of hydrogen-bond acceptors (Lipinski definition) is 6. The van der Waals surface area contributed by atoms with Gasteiger partial charge in [-0.15, -0.1) is 0 Å². The highest BCUT2D eigenvalue weighted by Gasteiger charge is 2.19. The number of esters is 3. The van der Waals surface area contributed by atoms with Crippen molar-refractivity contribution >= 4 is 17.9 Å². The second-order valence-corrected chi connectivity index (χ2v) is 22.7. The number of allylic oxidation sites excluding steroid dienone is 22. The molecule has 0 aromatic carbocycles. The van der Waals surface area contributed by atoms with Crippen molar-refractivity contribution in [2.75, 3.05) is 13.2 Å². The van der Waals surface area contributed by atoms with E-state index in [1.807, 2.05) is 0 Å². The lowest BCUT2D eigenvalue weighted by Gasteiger charge is -2.18. The summed E-state index contributed by atoms with van der Waals surface area (Å²) in [5.74, 6) is -0.884. The first-order chi connectivity index (χ1) is 41.0. The first-order valence-electron chi connectivity index (χ1n) is 34.7. The van der Waals surface area contributed by atoms with E-state index in [4.69, 9.17) is 14.2 Å². The van der Waals surface area contributed by atoms with Gasteiger partial charge >= 0.3 is 17.9 Å². The molecule has 0 spiro atoms. The van der Waals surface area contributed by atoms with Crippen LogP contribution in [0.2, 0.25) is 0 Å². The van der Waals surface area contributed by atoms with Gasteiger partial charge in [-0.05, 0) is 116 Å². The minimum absolute atomic E-state index is 0.0796. The molecule has 0 saturated heterocycles. The molecule has 472 valence electrons. The van der Waals surface area contributed by atoms with E-state index in [2.05, 4.69) is 154 Å². The van der Waals surface area contributed by atoms with Gasteiger partial charge in [-0.2, -0.15) is 0 Å². The Bertz CT molecular complexity index is 1750. The van der Waals surface area contributed by atoms with Crippen LogP contribution in [-0.4, -0.2) is 37.2 Å². The zero-order valence-electron chi connectivity index (χ0n) is 54.2. The number of rotatable bonds is 62. The molecule has 6 heteroatoms. The number of carbonyl (C=O) groups is 3. The van der Waals surface area contributed by atoms with Crippen molar-refractivity contribution in [3.63, 3.8) is 0 Å². The van der Waals surface area contributed by atoms with Gasteiger partial charge in [0, 0.05) is 19.3 Å². The fraction of sp³-hybridized carbons (Fsp3) is 0.675. The number of carbonyl (C=O) groups excluding carboxylic acids is 3. The summed E-state index contributed by atoms with van der Waals surface area (Å²) >= 11 is 0. The van der Waals surface area contributed by atoms with Crippen molar-refractivity contribution < 1.29 is 28.6 Å². The van der Waals surface area contributed by atoms with Crippen LogP contribution in [0.3, 0.4) is 0 Å². The third kappa shape index (κ3) is 68.2. The van der Waals surface area contributed by atoms with Gasteiger partial charge in [-0.25, -0.2) is 0 Å². The lowest BCUT2D eigenvalue weighted by molar-refractivity contribution is -0.167. The second-order valence-electron chi connectivity index (χ2n) is 22.7. The molecule has 0 aliphatic carbocycles. The molecule has 0 radical (unpaired) electrons. The lowest BCUT2D eigenvalue weighted by atomic mass is 10.0. The van der Waals surface area contributed by atoms with Gasteiger partial charge in [0.25, 0.3) is 0 Å². The van der Waals surface area contributed by atoms with Crippen molar-refractivity contribution in [2.24, 2.45) is 0 Å². The summed E-state index contributed by atoms with van der Waals surface area (Å²) in [7, 11) is 0. The minimum Gasteiger partial charge on any atom is -0.462 e. The van der Waals surface area contributed by atoms with Gasteiger partial charge in [0.05, 0.1) is 0 Å². The maximum absolute atomic E-state index is 12.9. The molecule has 0 fully saturated rings. The van der Waals surface area contributed by atoms with Crippen LogP contribution in [0.1, 0.15) is 316 Å². The Hall–Kier alpha value is -4.45. The molecule has 0 aliphatic heterocycles. The van der Waals surface area contributed by atoms with Crippen LogP contribution in [0.25, 0.3) is 0 Å². The van der Waals surface area contributed by atoms with E-state index in [0.717, 1.165) is 128 Å². The number of hydrogen-bond donors (Lipinski definition) is 0. The lowest BCUT2D eigenvalue weighted by Crippen LogP contribution is -2.30. The molecular weight excluding hydrogens is 1020 g/mol. The van der Waals surface area contributed by atoms with Crippen LogP contribution in [0.5, 0.6) is 0 Å². The first kappa shape index (κ1) is 78.5. The van der Waals surface area contributed by atoms with E-state index in [-0.39, 0.29) is 31.1 Å². The van der Waals surface area contributed by atoms with Crippen molar-refractivity contribution in [1.82, 2.24) is 0 Å². The Morgan fingerprint density at radius 3 is 0.735 bits per heavy atom. The first-order valence-corrected chi connectivity index (χ1v) is 34.7. The summed E-state index contributed by atoms with van der Waals surface area (Å²) < 4.78 is 16.9.